The molecule has 1 N–H and O–H groups in total. The highest BCUT2D eigenvalue weighted by molar-refractivity contribution is 7.89. The van der Waals surface area contributed by atoms with Crippen molar-refractivity contribution in [3.8, 4) is 5.75 Å². The van der Waals surface area contributed by atoms with Crippen molar-refractivity contribution in [3.05, 3.63) is 24.3 Å². The summed E-state index contributed by atoms with van der Waals surface area (Å²) in [6.45, 7) is 6.03. The molecule has 2 rings (SSSR count). The average Bonchev–Trinajstić information content (AvgIpc) is 2.69. The molecule has 10 heteroatoms. The lowest BCUT2D eigenvalue weighted by Gasteiger charge is -2.34. The van der Waals surface area contributed by atoms with E-state index in [1.54, 1.807) is 28.9 Å². The normalized spacial score (nSPS) is 14.6. The first kappa shape index (κ1) is 22.0. The maximum Gasteiger partial charge on any atom is 0.409 e. The van der Waals surface area contributed by atoms with Crippen LogP contribution in [0.15, 0.2) is 29.2 Å². The number of amides is 2. The zero-order chi connectivity index (χ0) is 20.6. The maximum atomic E-state index is 12.3. The summed E-state index contributed by atoms with van der Waals surface area (Å²) < 4.78 is 37.3. The Morgan fingerprint density at radius 2 is 1.61 bits per heavy atom. The van der Waals surface area contributed by atoms with Gasteiger partial charge in [0.15, 0.2) is 0 Å². The smallest absolute Gasteiger partial charge is 0.409 e. The number of carbonyl (C=O) groups is 2. The summed E-state index contributed by atoms with van der Waals surface area (Å²) in [6, 6.07) is 6.10. The monoisotopic (exact) mass is 413 g/mol. The lowest BCUT2D eigenvalue weighted by molar-refractivity contribution is -0.132. The second kappa shape index (κ2) is 10.3. The first-order valence-corrected chi connectivity index (χ1v) is 10.8. The van der Waals surface area contributed by atoms with Crippen molar-refractivity contribution in [2.45, 2.75) is 25.2 Å². The summed E-state index contributed by atoms with van der Waals surface area (Å²) in [5.41, 5.74) is 0. The maximum absolute atomic E-state index is 12.3. The summed E-state index contributed by atoms with van der Waals surface area (Å²) in [4.78, 5) is 27.2. The second-order valence-corrected chi connectivity index (χ2v) is 7.89. The molecule has 1 saturated heterocycles. The molecule has 28 heavy (non-hydrogen) atoms. The third kappa shape index (κ3) is 6.10. The van der Waals surface area contributed by atoms with Crippen LogP contribution in [0, 0.1) is 0 Å². The van der Waals surface area contributed by atoms with Gasteiger partial charge in [-0.25, -0.2) is 17.9 Å². The van der Waals surface area contributed by atoms with Gasteiger partial charge in [-0.2, -0.15) is 0 Å². The van der Waals surface area contributed by atoms with Crippen molar-refractivity contribution in [1.29, 1.82) is 0 Å². The third-order valence-electron chi connectivity index (χ3n) is 4.23. The van der Waals surface area contributed by atoms with Crippen LogP contribution in [0.25, 0.3) is 0 Å². The van der Waals surface area contributed by atoms with E-state index < -0.39 is 10.0 Å². The molecule has 1 heterocycles. The molecule has 0 unspecified atom stereocenters. The minimum absolute atomic E-state index is 0.00642. The number of ether oxygens (including phenoxy) is 2. The number of piperazine rings is 1. The van der Waals surface area contributed by atoms with Crippen molar-refractivity contribution in [1.82, 2.24) is 14.5 Å². The lowest BCUT2D eigenvalue weighted by atomic mass is 10.3. The summed E-state index contributed by atoms with van der Waals surface area (Å²) in [5, 5.41) is 0. The highest BCUT2D eigenvalue weighted by atomic mass is 32.2. The molecule has 0 radical (unpaired) electrons. The van der Waals surface area contributed by atoms with E-state index >= 15 is 0 Å². The molecule has 2 amide bonds. The Kier molecular flexibility index (Phi) is 8.06. The van der Waals surface area contributed by atoms with E-state index in [2.05, 4.69) is 4.72 Å². The van der Waals surface area contributed by atoms with Crippen molar-refractivity contribution in [2.24, 2.45) is 0 Å². The Balaban J connectivity index is 1.78. The molecule has 1 aromatic carbocycles. The van der Waals surface area contributed by atoms with Crippen LogP contribution in [-0.2, 0) is 19.6 Å². The van der Waals surface area contributed by atoms with E-state index in [0.29, 0.717) is 45.1 Å². The summed E-state index contributed by atoms with van der Waals surface area (Å²) in [5.74, 6) is 0.441. The van der Waals surface area contributed by atoms with Gasteiger partial charge in [0.2, 0.25) is 15.9 Å². The predicted octanol–water partition coefficient (Wildman–Crippen LogP) is 1.05. The van der Waals surface area contributed by atoms with E-state index in [9.17, 15) is 18.0 Å². The first-order chi connectivity index (χ1) is 13.4. The van der Waals surface area contributed by atoms with Crippen LogP contribution < -0.4 is 9.46 Å². The number of rotatable bonds is 8. The van der Waals surface area contributed by atoms with Gasteiger partial charge >= 0.3 is 6.09 Å². The largest absolute Gasteiger partial charge is 0.494 e. The topological polar surface area (TPSA) is 105 Å². The van der Waals surface area contributed by atoms with Crippen LogP contribution in [0.3, 0.4) is 0 Å². The molecule has 0 spiro atoms. The van der Waals surface area contributed by atoms with E-state index in [1.807, 2.05) is 6.92 Å². The highest BCUT2D eigenvalue weighted by Gasteiger charge is 2.25. The number of carbonyl (C=O) groups excluding carboxylic acids is 2. The van der Waals surface area contributed by atoms with Crippen LogP contribution in [0.1, 0.15) is 20.3 Å². The van der Waals surface area contributed by atoms with Gasteiger partial charge in [0.05, 0.1) is 18.1 Å². The molecule has 9 nitrogen and oxygen atoms in total. The summed E-state index contributed by atoms with van der Waals surface area (Å²) in [6.07, 6.45) is -0.326. The summed E-state index contributed by atoms with van der Waals surface area (Å²) in [7, 11) is -3.69. The van der Waals surface area contributed by atoms with Gasteiger partial charge in [0, 0.05) is 39.1 Å². The Morgan fingerprint density at radius 3 is 2.18 bits per heavy atom. The zero-order valence-electron chi connectivity index (χ0n) is 16.2. The van der Waals surface area contributed by atoms with Crippen LogP contribution in [-0.4, -0.2) is 76.2 Å². The van der Waals surface area contributed by atoms with Crippen molar-refractivity contribution in [2.75, 3.05) is 45.9 Å². The van der Waals surface area contributed by atoms with Gasteiger partial charge in [-0.3, -0.25) is 4.79 Å². The Labute approximate surface area is 165 Å². The average molecular weight is 413 g/mol. The van der Waals surface area contributed by atoms with Crippen molar-refractivity contribution < 1.29 is 27.5 Å². The number of nitrogens with zero attached hydrogens (tertiary/aromatic N) is 2. The van der Waals surface area contributed by atoms with E-state index in [1.165, 1.54) is 12.1 Å². The Hall–Kier alpha value is -2.33. The first-order valence-electron chi connectivity index (χ1n) is 9.29. The number of benzene rings is 1. The minimum atomic E-state index is -3.69. The highest BCUT2D eigenvalue weighted by Crippen LogP contribution is 2.16. The van der Waals surface area contributed by atoms with Gasteiger partial charge in [-0.05, 0) is 38.1 Å². The van der Waals surface area contributed by atoms with Gasteiger partial charge in [-0.1, -0.05) is 0 Å². The van der Waals surface area contributed by atoms with E-state index in [0.717, 1.165) is 0 Å². The van der Waals surface area contributed by atoms with Gasteiger partial charge in [0.1, 0.15) is 5.75 Å². The number of sulfonamides is 1. The quantitative estimate of drug-likeness (QED) is 0.683. The number of nitrogens with one attached hydrogen (secondary N) is 1. The predicted molar refractivity (Wildman–Crippen MR) is 103 cm³/mol. The van der Waals surface area contributed by atoms with Gasteiger partial charge in [0.25, 0.3) is 0 Å². The zero-order valence-corrected chi connectivity index (χ0v) is 17.0. The molecular weight excluding hydrogens is 386 g/mol. The van der Waals surface area contributed by atoms with Gasteiger partial charge in [-0.15, -0.1) is 0 Å². The SMILES string of the molecule is CCOC(=O)N1CCN(C(=O)CCNS(=O)(=O)c2ccc(OCC)cc2)CC1. The molecule has 0 saturated carbocycles. The lowest BCUT2D eigenvalue weighted by Crippen LogP contribution is -2.51. The summed E-state index contributed by atoms with van der Waals surface area (Å²) >= 11 is 0. The molecule has 156 valence electrons. The molecule has 1 aliphatic rings. The molecule has 1 aromatic rings. The fraction of sp³-hybridized carbons (Fsp3) is 0.556. The third-order valence-corrected chi connectivity index (χ3v) is 5.71. The minimum Gasteiger partial charge on any atom is -0.494 e. The number of hydrogen-bond acceptors (Lipinski definition) is 6. The van der Waals surface area contributed by atoms with Crippen LogP contribution in [0.2, 0.25) is 0 Å². The van der Waals surface area contributed by atoms with E-state index in [-0.39, 0.29) is 29.9 Å². The molecule has 1 aliphatic heterocycles. The van der Waals surface area contributed by atoms with Crippen LogP contribution >= 0.6 is 0 Å². The molecule has 0 aromatic heterocycles. The van der Waals surface area contributed by atoms with E-state index in [4.69, 9.17) is 9.47 Å². The molecule has 0 aliphatic carbocycles. The van der Waals surface area contributed by atoms with Crippen molar-refractivity contribution >= 4 is 22.0 Å². The van der Waals surface area contributed by atoms with Crippen molar-refractivity contribution in [3.63, 3.8) is 0 Å². The molecular formula is C18H27N3O6S. The number of hydrogen-bond donors (Lipinski definition) is 1. The second-order valence-electron chi connectivity index (χ2n) is 6.12. The Morgan fingerprint density at radius 1 is 1.00 bits per heavy atom. The van der Waals surface area contributed by atoms with Crippen LogP contribution in [0.4, 0.5) is 4.79 Å². The molecule has 0 atom stereocenters. The van der Waals surface area contributed by atoms with Gasteiger partial charge < -0.3 is 19.3 Å². The fourth-order valence-corrected chi connectivity index (χ4v) is 3.80. The standard InChI is InChI=1S/C18H27N3O6S/c1-3-26-15-5-7-16(8-6-15)28(24,25)19-10-9-17(22)20-11-13-21(14-12-20)18(23)27-4-2/h5-8,19H,3-4,9-14H2,1-2H3. The Bertz CT molecular complexity index is 758. The molecule has 1 fully saturated rings. The molecule has 0 bridgehead atoms. The fourth-order valence-electron chi connectivity index (χ4n) is 2.77. The van der Waals surface area contributed by atoms with Crippen LogP contribution in [0.5, 0.6) is 5.75 Å².